The first-order valence-corrected chi connectivity index (χ1v) is 31.9. The zero-order chi connectivity index (χ0) is 40.7. The van der Waals surface area contributed by atoms with E-state index in [1.54, 1.807) is 14.2 Å². The van der Waals surface area contributed by atoms with Crippen molar-refractivity contribution in [2.45, 2.75) is 120 Å². The summed E-state index contributed by atoms with van der Waals surface area (Å²) in [6, 6.07) is 37.2. The number of thiophene rings is 2. The molecule has 4 aromatic carbocycles. The molecule has 292 valence electrons. The van der Waals surface area contributed by atoms with Gasteiger partial charge in [0.15, 0.2) is 0 Å². The smallest absolute Gasteiger partial charge is 0.0999 e. The summed E-state index contributed by atoms with van der Waals surface area (Å²) in [5.74, 6) is 0. The number of hydrogen-bond acceptors (Lipinski definition) is 2. The van der Waals surface area contributed by atoms with Gasteiger partial charge in [-0.25, -0.2) is 0 Å². The van der Waals surface area contributed by atoms with E-state index in [2.05, 4.69) is 209 Å². The SMILES string of the molecule is CC(C)(C)c1ccc2c(c1)c1cc(C(C)(C)C)ccc1n2-c1cc[c]([Sn]([CH3])([CH3])[CH3])s1.CC(C)(C)c1ccc2c(c1)c1cc(C(C)(C)C)ccc1n2-c1cccs1. The molecule has 0 aliphatic rings. The first-order chi connectivity index (χ1) is 25.9. The average molecular weight is 886 g/mol. The van der Waals surface area contributed by atoms with Gasteiger partial charge >= 0.3 is 191 Å². The van der Waals surface area contributed by atoms with Crippen LogP contribution in [0, 0.1) is 0 Å². The van der Waals surface area contributed by atoms with E-state index in [9.17, 15) is 0 Å². The molecule has 0 saturated heterocycles. The molecular weight excluding hydrogens is 823 g/mol. The zero-order valence-electron chi connectivity index (χ0n) is 36.5. The maximum atomic E-state index is 2.50. The Hall–Kier alpha value is -3.32. The fraction of sp³-hybridized carbons (Fsp3) is 0.373. The van der Waals surface area contributed by atoms with Gasteiger partial charge in [0.05, 0.1) is 16.0 Å². The van der Waals surface area contributed by atoms with Crippen LogP contribution in [0.4, 0.5) is 0 Å². The van der Waals surface area contributed by atoms with Gasteiger partial charge in [-0.05, 0) is 63.7 Å². The van der Waals surface area contributed by atoms with Crippen LogP contribution in [-0.4, -0.2) is 27.5 Å². The van der Waals surface area contributed by atoms with E-state index in [1.807, 2.05) is 11.3 Å². The third kappa shape index (κ3) is 7.79. The van der Waals surface area contributed by atoms with Crippen molar-refractivity contribution in [1.29, 1.82) is 0 Å². The second-order valence-corrected chi connectivity index (χ2v) is 38.3. The summed E-state index contributed by atoms with van der Waals surface area (Å²) in [6.07, 6.45) is 0. The molecule has 2 nitrogen and oxygen atoms in total. The molecule has 4 heterocycles. The number of hydrogen-bond donors (Lipinski definition) is 0. The van der Waals surface area contributed by atoms with Crippen molar-refractivity contribution >= 4 is 87.6 Å². The molecule has 0 aliphatic heterocycles. The van der Waals surface area contributed by atoms with Gasteiger partial charge in [-0.3, -0.25) is 0 Å². The summed E-state index contributed by atoms with van der Waals surface area (Å²) in [5, 5.41) is 10.2. The van der Waals surface area contributed by atoms with Gasteiger partial charge in [-0.15, -0.1) is 11.3 Å². The van der Waals surface area contributed by atoms with E-state index < -0.39 is 18.4 Å². The van der Waals surface area contributed by atoms with E-state index in [-0.39, 0.29) is 21.7 Å². The standard InChI is InChI=1S/C24H27NS.C24H26NS.3CH3.Sn/c2*1-23(2,3)16-9-11-20-18(14-16)19-15-17(24(4,5)6)10-12-21(19)25(20)22-8-7-13-26-22;;;;/h7-15H,1-6H3;7-12,14-15H,1-6H3;3*1H3;. The Labute approximate surface area is 348 Å². The van der Waals surface area contributed by atoms with Crippen molar-refractivity contribution in [1.82, 2.24) is 9.13 Å². The summed E-state index contributed by atoms with van der Waals surface area (Å²) >= 11 is 1.71. The first kappa shape index (κ1) is 40.9. The van der Waals surface area contributed by atoms with Crippen LogP contribution < -0.4 is 2.89 Å². The Morgan fingerprint density at radius 2 is 0.750 bits per heavy atom. The quantitative estimate of drug-likeness (QED) is 0.156. The minimum absolute atomic E-state index is 0.140. The minimum Gasteiger partial charge on any atom is -0.301 e. The molecule has 8 rings (SSSR count). The average Bonchev–Trinajstić information content (AvgIpc) is 3.90. The van der Waals surface area contributed by atoms with Crippen molar-refractivity contribution in [3.8, 4) is 10.0 Å². The van der Waals surface area contributed by atoms with Crippen LogP contribution in [0.5, 0.6) is 0 Å². The Bertz CT molecular complexity index is 2560. The molecule has 0 spiro atoms. The fourth-order valence-corrected chi connectivity index (χ4v) is 14.7. The summed E-state index contributed by atoms with van der Waals surface area (Å²) in [4.78, 5) is 7.50. The molecule has 56 heavy (non-hydrogen) atoms. The van der Waals surface area contributed by atoms with Crippen LogP contribution >= 0.6 is 22.7 Å². The van der Waals surface area contributed by atoms with Crippen molar-refractivity contribution in [2.24, 2.45) is 0 Å². The normalized spacial score (nSPS) is 13.3. The maximum absolute atomic E-state index is 2.50. The predicted molar refractivity (Wildman–Crippen MR) is 255 cm³/mol. The molecule has 4 aromatic heterocycles. The second-order valence-electron chi connectivity index (χ2n) is 20.9. The van der Waals surface area contributed by atoms with Crippen LogP contribution in [-0.2, 0) is 21.7 Å². The molecule has 0 amide bonds. The predicted octanol–water partition coefficient (Wildman–Crippen LogP) is 15.4. The number of aromatic nitrogens is 2. The zero-order valence-corrected chi connectivity index (χ0v) is 41.0. The van der Waals surface area contributed by atoms with Crippen LogP contribution in [0.15, 0.2) is 102 Å². The molecule has 5 heteroatoms. The number of fused-ring (bicyclic) bond motifs is 6. The van der Waals surface area contributed by atoms with Gasteiger partial charge in [-0.2, -0.15) is 0 Å². The van der Waals surface area contributed by atoms with Crippen molar-refractivity contribution in [3.63, 3.8) is 0 Å². The molecule has 8 aromatic rings. The Morgan fingerprint density at radius 3 is 1.02 bits per heavy atom. The summed E-state index contributed by atoms with van der Waals surface area (Å²) in [5.41, 5.74) is 11.4. The molecule has 0 saturated carbocycles. The molecule has 0 unspecified atom stereocenters. The van der Waals surface area contributed by atoms with Crippen molar-refractivity contribution in [3.05, 3.63) is 125 Å². The molecule has 0 N–H and O–H groups in total. The summed E-state index contributed by atoms with van der Waals surface area (Å²) < 4.78 is 6.54. The topological polar surface area (TPSA) is 9.86 Å². The summed E-state index contributed by atoms with van der Waals surface area (Å²) in [6.45, 7) is 27.5. The van der Waals surface area contributed by atoms with Crippen LogP contribution in [0.25, 0.3) is 53.6 Å². The Balaban J connectivity index is 0.000000173. The molecule has 0 radical (unpaired) electrons. The van der Waals surface area contributed by atoms with Crippen molar-refractivity contribution < 1.29 is 0 Å². The number of rotatable bonds is 3. The number of nitrogens with zero attached hydrogens (tertiary/aromatic N) is 2. The van der Waals surface area contributed by atoms with Gasteiger partial charge in [0, 0.05) is 10.8 Å². The molecule has 0 bridgehead atoms. The van der Waals surface area contributed by atoms with E-state index in [0.717, 1.165) is 0 Å². The van der Waals surface area contributed by atoms with Gasteiger partial charge < -0.3 is 4.57 Å². The first-order valence-electron chi connectivity index (χ1n) is 20.3. The third-order valence-corrected chi connectivity index (χ3v) is 22.7. The Kier molecular flexibility index (Phi) is 10.4. The van der Waals surface area contributed by atoms with E-state index in [1.165, 1.54) is 75.9 Å². The van der Waals surface area contributed by atoms with Crippen LogP contribution in [0.3, 0.4) is 0 Å². The maximum Gasteiger partial charge on any atom is 0.0999 e. The molecule has 0 aliphatic carbocycles. The molecule has 0 atom stereocenters. The van der Waals surface area contributed by atoms with Crippen molar-refractivity contribution in [2.75, 3.05) is 0 Å². The minimum atomic E-state index is -2.09. The van der Waals surface area contributed by atoms with E-state index in [0.29, 0.717) is 0 Å². The second kappa shape index (κ2) is 14.2. The van der Waals surface area contributed by atoms with E-state index in [4.69, 9.17) is 0 Å². The number of benzene rings is 4. The molecular formula is C51H62N2S2Sn. The van der Waals surface area contributed by atoms with Crippen LogP contribution in [0.1, 0.15) is 105 Å². The van der Waals surface area contributed by atoms with Gasteiger partial charge in [0.1, 0.15) is 0 Å². The van der Waals surface area contributed by atoms with Gasteiger partial charge in [0.2, 0.25) is 0 Å². The summed E-state index contributed by atoms with van der Waals surface area (Å²) in [7, 11) is 0. The monoisotopic (exact) mass is 886 g/mol. The molecule has 0 fully saturated rings. The Morgan fingerprint density at radius 1 is 0.411 bits per heavy atom. The van der Waals surface area contributed by atoms with Crippen LogP contribution in [0.2, 0.25) is 14.8 Å². The fourth-order valence-electron chi connectivity index (χ4n) is 7.64. The van der Waals surface area contributed by atoms with Gasteiger partial charge in [0.25, 0.3) is 0 Å². The largest absolute Gasteiger partial charge is 0.301 e. The van der Waals surface area contributed by atoms with E-state index >= 15 is 0 Å². The van der Waals surface area contributed by atoms with Gasteiger partial charge in [-0.1, -0.05) is 53.7 Å². The third-order valence-electron chi connectivity index (χ3n) is 11.3.